The molecule has 3 N–H and O–H groups in total. The zero-order valence-corrected chi connectivity index (χ0v) is 12.6. The van der Waals surface area contributed by atoms with Gasteiger partial charge in [0.05, 0.1) is 10.6 Å². The van der Waals surface area contributed by atoms with Gasteiger partial charge < -0.3 is 15.7 Å². The Morgan fingerprint density at radius 3 is 2.52 bits per heavy atom. The zero-order chi connectivity index (χ0) is 15.4. The van der Waals surface area contributed by atoms with Gasteiger partial charge in [0.15, 0.2) is 0 Å². The van der Waals surface area contributed by atoms with Crippen LogP contribution < -0.4 is 10.6 Å². The summed E-state index contributed by atoms with van der Waals surface area (Å²) in [5, 5.41) is 23.7. The Hall–Kier alpha value is -1.71. The van der Waals surface area contributed by atoms with Crippen molar-refractivity contribution in [1.29, 1.82) is 5.26 Å². The van der Waals surface area contributed by atoms with Crippen molar-refractivity contribution in [2.45, 2.75) is 37.8 Å². The third kappa shape index (κ3) is 4.13. The fourth-order valence-electron chi connectivity index (χ4n) is 2.40. The number of hydrogen-bond donors (Lipinski definition) is 3. The largest absolute Gasteiger partial charge is 0.465 e. The molecule has 1 saturated carbocycles. The maximum atomic E-state index is 10.6. The number of halogens is 2. The summed E-state index contributed by atoms with van der Waals surface area (Å²) in [6.45, 7) is 0. The zero-order valence-electron chi connectivity index (χ0n) is 11.1. The molecule has 0 bridgehead atoms. The number of carboxylic acid groups (broad SMARTS) is 1. The van der Waals surface area contributed by atoms with Crippen LogP contribution in [0.3, 0.4) is 0 Å². The van der Waals surface area contributed by atoms with Crippen molar-refractivity contribution in [1.82, 2.24) is 10.3 Å². The highest BCUT2D eigenvalue weighted by molar-refractivity contribution is 6.34. The van der Waals surface area contributed by atoms with Gasteiger partial charge in [0.25, 0.3) is 0 Å². The van der Waals surface area contributed by atoms with Crippen LogP contribution in [0.2, 0.25) is 10.2 Å². The Labute approximate surface area is 132 Å². The number of hydrogen-bond acceptors (Lipinski definition) is 4. The second-order valence-corrected chi connectivity index (χ2v) is 5.68. The first kappa shape index (κ1) is 15.7. The molecule has 0 aliphatic heterocycles. The van der Waals surface area contributed by atoms with Gasteiger partial charge >= 0.3 is 6.09 Å². The summed E-state index contributed by atoms with van der Waals surface area (Å²) < 4.78 is 0. The summed E-state index contributed by atoms with van der Waals surface area (Å²) in [5.41, 5.74) is 0.238. The summed E-state index contributed by atoms with van der Waals surface area (Å²) in [5.74, 6) is 0.454. The second kappa shape index (κ2) is 6.83. The molecule has 2 rings (SSSR count). The molecule has 1 amide bonds. The van der Waals surface area contributed by atoms with Gasteiger partial charge in [-0.05, 0) is 31.7 Å². The molecule has 1 aromatic heterocycles. The van der Waals surface area contributed by atoms with Gasteiger partial charge in [-0.15, -0.1) is 0 Å². The Morgan fingerprint density at radius 1 is 1.33 bits per heavy atom. The first-order chi connectivity index (χ1) is 9.99. The van der Waals surface area contributed by atoms with E-state index in [2.05, 4.69) is 15.6 Å². The van der Waals surface area contributed by atoms with E-state index in [1.165, 1.54) is 6.07 Å². The molecular formula is C13H14Cl2N4O2. The maximum Gasteiger partial charge on any atom is 0.404 e. The minimum Gasteiger partial charge on any atom is -0.465 e. The molecule has 1 aliphatic carbocycles. The van der Waals surface area contributed by atoms with E-state index in [9.17, 15) is 4.79 Å². The monoisotopic (exact) mass is 328 g/mol. The van der Waals surface area contributed by atoms with Gasteiger partial charge in [-0.25, -0.2) is 9.78 Å². The predicted molar refractivity (Wildman–Crippen MR) is 79.8 cm³/mol. The maximum absolute atomic E-state index is 10.6. The average molecular weight is 329 g/mol. The molecule has 6 nitrogen and oxygen atoms in total. The topological polar surface area (TPSA) is 98.0 Å². The molecule has 112 valence electrons. The molecule has 21 heavy (non-hydrogen) atoms. The number of rotatable bonds is 3. The van der Waals surface area contributed by atoms with E-state index < -0.39 is 6.09 Å². The quantitative estimate of drug-likeness (QED) is 0.740. The van der Waals surface area contributed by atoms with Crippen molar-refractivity contribution in [2.24, 2.45) is 0 Å². The van der Waals surface area contributed by atoms with E-state index in [1.54, 1.807) is 0 Å². The van der Waals surface area contributed by atoms with Gasteiger partial charge in [-0.3, -0.25) is 0 Å². The average Bonchev–Trinajstić information content (AvgIpc) is 2.44. The molecule has 0 radical (unpaired) electrons. The van der Waals surface area contributed by atoms with Crippen LogP contribution in [0.4, 0.5) is 10.6 Å². The fraction of sp³-hybridized carbons (Fsp3) is 0.462. The van der Waals surface area contributed by atoms with Crippen LogP contribution in [-0.2, 0) is 0 Å². The van der Waals surface area contributed by atoms with E-state index in [-0.39, 0.29) is 22.8 Å². The molecule has 0 saturated heterocycles. The van der Waals surface area contributed by atoms with Gasteiger partial charge in [0, 0.05) is 12.1 Å². The minimum absolute atomic E-state index is 0.00599. The third-order valence-corrected chi connectivity index (χ3v) is 4.02. The minimum atomic E-state index is -0.991. The van der Waals surface area contributed by atoms with Crippen molar-refractivity contribution < 1.29 is 9.90 Å². The fourth-order valence-corrected chi connectivity index (χ4v) is 2.78. The summed E-state index contributed by atoms with van der Waals surface area (Å²) in [7, 11) is 0. The Bertz CT molecular complexity index is 580. The van der Waals surface area contributed by atoms with Crippen molar-refractivity contribution in [2.75, 3.05) is 5.32 Å². The summed E-state index contributed by atoms with van der Waals surface area (Å²) >= 11 is 12.0. The van der Waals surface area contributed by atoms with Gasteiger partial charge in [-0.1, -0.05) is 23.2 Å². The molecule has 1 heterocycles. The molecule has 0 unspecified atom stereocenters. The molecule has 0 aromatic carbocycles. The van der Waals surface area contributed by atoms with Crippen LogP contribution in [-0.4, -0.2) is 28.3 Å². The number of nitrogens with zero attached hydrogens (tertiary/aromatic N) is 2. The van der Waals surface area contributed by atoms with Crippen molar-refractivity contribution in [3.05, 3.63) is 21.8 Å². The van der Waals surface area contributed by atoms with Crippen LogP contribution in [0.25, 0.3) is 0 Å². The first-order valence-electron chi connectivity index (χ1n) is 6.51. The van der Waals surface area contributed by atoms with E-state index in [0.29, 0.717) is 10.8 Å². The smallest absolute Gasteiger partial charge is 0.404 e. The SMILES string of the molecule is N#Cc1cc(Cl)c(N[C@H]2CC[C@H](NC(=O)O)CC2)nc1Cl. The van der Waals surface area contributed by atoms with E-state index in [0.717, 1.165) is 25.7 Å². The highest BCUT2D eigenvalue weighted by Gasteiger charge is 2.23. The molecule has 1 fully saturated rings. The van der Waals surface area contributed by atoms with E-state index >= 15 is 0 Å². The van der Waals surface area contributed by atoms with Gasteiger partial charge in [0.1, 0.15) is 17.0 Å². The number of aromatic nitrogens is 1. The molecule has 0 spiro atoms. The molecule has 1 aliphatic rings. The molecule has 0 atom stereocenters. The number of nitrogens with one attached hydrogen (secondary N) is 2. The lowest BCUT2D eigenvalue weighted by Crippen LogP contribution is -2.39. The molecule has 1 aromatic rings. The Morgan fingerprint density at radius 2 is 1.95 bits per heavy atom. The van der Waals surface area contributed by atoms with E-state index in [4.69, 9.17) is 33.6 Å². The number of pyridine rings is 1. The lowest BCUT2D eigenvalue weighted by atomic mass is 9.91. The molecular weight excluding hydrogens is 315 g/mol. The van der Waals surface area contributed by atoms with Gasteiger partial charge in [-0.2, -0.15) is 5.26 Å². The number of amides is 1. The van der Waals surface area contributed by atoms with Crippen LogP contribution in [0.15, 0.2) is 6.07 Å². The van der Waals surface area contributed by atoms with Crippen molar-refractivity contribution >= 4 is 35.1 Å². The number of carbonyl (C=O) groups is 1. The number of anilines is 1. The lowest BCUT2D eigenvalue weighted by Gasteiger charge is -2.29. The Balaban J connectivity index is 1.96. The standard InChI is InChI=1S/C13H14Cl2N4O2/c14-10-5-7(6-16)11(15)19-12(10)17-8-1-3-9(4-2-8)18-13(20)21/h5,8-9,18H,1-4H2,(H,17,19)(H,20,21)/t8-,9-. The lowest BCUT2D eigenvalue weighted by molar-refractivity contribution is 0.185. The van der Waals surface area contributed by atoms with Gasteiger partial charge in [0.2, 0.25) is 0 Å². The van der Waals surface area contributed by atoms with Crippen molar-refractivity contribution in [3.63, 3.8) is 0 Å². The van der Waals surface area contributed by atoms with Crippen LogP contribution in [0, 0.1) is 11.3 Å². The highest BCUT2D eigenvalue weighted by Crippen LogP contribution is 2.28. The summed E-state index contributed by atoms with van der Waals surface area (Å²) in [6, 6.07) is 3.56. The molecule has 8 heteroatoms. The van der Waals surface area contributed by atoms with Crippen LogP contribution in [0.1, 0.15) is 31.2 Å². The van der Waals surface area contributed by atoms with Crippen LogP contribution in [0.5, 0.6) is 0 Å². The highest BCUT2D eigenvalue weighted by atomic mass is 35.5. The van der Waals surface area contributed by atoms with Crippen LogP contribution >= 0.6 is 23.2 Å². The predicted octanol–water partition coefficient (Wildman–Crippen LogP) is 3.25. The number of nitriles is 1. The third-order valence-electron chi connectivity index (χ3n) is 3.45. The first-order valence-corrected chi connectivity index (χ1v) is 7.27. The van der Waals surface area contributed by atoms with E-state index in [1.807, 2.05) is 6.07 Å². The summed E-state index contributed by atoms with van der Waals surface area (Å²) in [4.78, 5) is 14.7. The summed E-state index contributed by atoms with van der Waals surface area (Å²) in [6.07, 6.45) is 2.13. The second-order valence-electron chi connectivity index (χ2n) is 4.91. The van der Waals surface area contributed by atoms with Crippen molar-refractivity contribution in [3.8, 4) is 6.07 Å². The normalized spacial score (nSPS) is 21.4. The Kier molecular flexibility index (Phi) is 5.10.